The maximum absolute atomic E-state index is 14.4. The molecule has 2 N–H and O–H groups in total. The summed E-state index contributed by atoms with van der Waals surface area (Å²) in [6.45, 7) is 6.01. The number of allylic oxidation sites excluding steroid dienone is 1. The Morgan fingerprint density at radius 2 is 1.93 bits per heavy atom. The van der Waals surface area contributed by atoms with Crippen LogP contribution in [0.2, 0.25) is 0 Å². The fourth-order valence-corrected chi connectivity index (χ4v) is 3.83. The average molecular weight is 410 g/mol. The largest absolute Gasteiger partial charge is 0.404 e. The molecule has 0 saturated heterocycles. The summed E-state index contributed by atoms with van der Waals surface area (Å²) in [6.07, 6.45) is 7.36. The van der Waals surface area contributed by atoms with Gasteiger partial charge in [0.25, 0.3) is 0 Å². The molecule has 5 heteroatoms. The highest BCUT2D eigenvalue weighted by Crippen LogP contribution is 2.39. The zero-order chi connectivity index (χ0) is 21.7. The van der Waals surface area contributed by atoms with Crippen LogP contribution in [0.15, 0.2) is 52.1 Å². The molecule has 1 unspecified atom stereocenters. The van der Waals surface area contributed by atoms with Gasteiger partial charge in [-0.3, -0.25) is 9.98 Å². The molecule has 0 amide bonds. The van der Waals surface area contributed by atoms with E-state index in [9.17, 15) is 8.78 Å². The average Bonchev–Trinajstić information content (AvgIpc) is 3.17. The third kappa shape index (κ3) is 4.50. The zero-order valence-corrected chi connectivity index (χ0v) is 17.9. The summed E-state index contributed by atoms with van der Waals surface area (Å²) >= 11 is 0. The number of nitrogens with zero attached hydrogens (tertiary/aromatic N) is 2. The number of rotatable bonds is 8. The van der Waals surface area contributed by atoms with E-state index < -0.39 is 11.6 Å². The first-order valence-electron chi connectivity index (χ1n) is 10.6. The van der Waals surface area contributed by atoms with Crippen LogP contribution in [0.3, 0.4) is 0 Å². The van der Waals surface area contributed by atoms with Gasteiger partial charge in [-0.1, -0.05) is 45.4 Å². The standard InChI is InChI=1S/C25H29F2N3/c1-4-8-19(5-2)29-15-18(14-28)24-13-16-9-7-10-21(25(16)30-24)17-11-22(26)20(6-3)23(27)12-17/h7,9-12,14-15,19H,4-6,8,13,28H2,1-3H3. The molecule has 158 valence electrons. The first-order chi connectivity index (χ1) is 14.5. The Labute approximate surface area is 177 Å². The molecule has 0 spiro atoms. The Morgan fingerprint density at radius 1 is 1.20 bits per heavy atom. The molecule has 2 aromatic carbocycles. The van der Waals surface area contributed by atoms with Gasteiger partial charge < -0.3 is 5.73 Å². The highest BCUT2D eigenvalue weighted by atomic mass is 19.1. The van der Waals surface area contributed by atoms with Crippen LogP contribution in [-0.4, -0.2) is 18.0 Å². The minimum Gasteiger partial charge on any atom is -0.404 e. The Morgan fingerprint density at radius 3 is 2.53 bits per heavy atom. The number of hydrogen-bond donors (Lipinski definition) is 1. The summed E-state index contributed by atoms with van der Waals surface area (Å²) in [6, 6.07) is 8.78. The number of nitrogens with two attached hydrogens (primary N) is 1. The van der Waals surface area contributed by atoms with E-state index in [0.29, 0.717) is 24.0 Å². The van der Waals surface area contributed by atoms with Crippen LogP contribution >= 0.6 is 0 Å². The molecular weight excluding hydrogens is 380 g/mol. The minimum absolute atomic E-state index is 0.109. The fraction of sp³-hybridized carbons (Fsp3) is 0.360. The third-order valence-corrected chi connectivity index (χ3v) is 5.56. The molecule has 0 aromatic heterocycles. The second-order valence-electron chi connectivity index (χ2n) is 7.57. The van der Waals surface area contributed by atoms with Crippen molar-refractivity contribution in [3.8, 4) is 11.1 Å². The van der Waals surface area contributed by atoms with Gasteiger partial charge in [0, 0.05) is 41.6 Å². The first-order valence-corrected chi connectivity index (χ1v) is 10.6. The van der Waals surface area contributed by atoms with E-state index in [-0.39, 0.29) is 11.6 Å². The second kappa shape index (κ2) is 9.79. The Balaban J connectivity index is 1.96. The van der Waals surface area contributed by atoms with Gasteiger partial charge in [-0.05, 0) is 42.5 Å². The third-order valence-electron chi connectivity index (χ3n) is 5.56. The predicted molar refractivity (Wildman–Crippen MR) is 122 cm³/mol. The Kier molecular flexibility index (Phi) is 7.14. The van der Waals surface area contributed by atoms with Crippen molar-refractivity contribution >= 4 is 17.6 Å². The van der Waals surface area contributed by atoms with Crippen LogP contribution < -0.4 is 5.73 Å². The molecular formula is C25H29F2N3. The molecule has 0 saturated carbocycles. The van der Waals surface area contributed by atoms with Gasteiger partial charge in [0.1, 0.15) is 11.6 Å². The molecule has 2 aromatic rings. The second-order valence-corrected chi connectivity index (χ2v) is 7.57. The van der Waals surface area contributed by atoms with Crippen molar-refractivity contribution in [2.24, 2.45) is 15.7 Å². The smallest absolute Gasteiger partial charge is 0.129 e. The molecule has 30 heavy (non-hydrogen) atoms. The normalized spacial score (nSPS) is 14.8. The van der Waals surface area contributed by atoms with Crippen LogP contribution in [0.1, 0.15) is 51.2 Å². The Hall–Kier alpha value is -2.82. The Bertz CT molecular complexity index is 982. The number of halogens is 2. The minimum atomic E-state index is -0.525. The number of fused-ring (bicyclic) bond motifs is 1. The lowest BCUT2D eigenvalue weighted by Gasteiger charge is -2.09. The van der Waals surface area contributed by atoms with E-state index >= 15 is 0 Å². The van der Waals surface area contributed by atoms with Crippen molar-refractivity contribution in [2.45, 2.75) is 58.9 Å². The van der Waals surface area contributed by atoms with Gasteiger partial charge in [0.2, 0.25) is 0 Å². The predicted octanol–water partition coefficient (Wildman–Crippen LogP) is 6.31. The monoisotopic (exact) mass is 409 g/mol. The number of para-hydroxylation sites is 1. The molecule has 0 bridgehead atoms. The molecule has 1 heterocycles. The van der Waals surface area contributed by atoms with Crippen LogP contribution in [0.25, 0.3) is 11.1 Å². The van der Waals surface area contributed by atoms with E-state index in [1.165, 1.54) is 18.3 Å². The fourth-order valence-electron chi connectivity index (χ4n) is 3.83. The lowest BCUT2D eigenvalue weighted by molar-refractivity contribution is 0.560. The van der Waals surface area contributed by atoms with Crippen LogP contribution in [-0.2, 0) is 12.8 Å². The van der Waals surface area contributed by atoms with Gasteiger partial charge >= 0.3 is 0 Å². The van der Waals surface area contributed by atoms with Gasteiger partial charge in [0.05, 0.1) is 11.4 Å². The number of hydrogen-bond acceptors (Lipinski definition) is 3. The van der Waals surface area contributed by atoms with E-state index in [2.05, 4.69) is 18.8 Å². The van der Waals surface area contributed by atoms with Crippen molar-refractivity contribution < 1.29 is 8.78 Å². The highest BCUT2D eigenvalue weighted by molar-refractivity contribution is 6.19. The number of benzene rings is 2. The van der Waals surface area contributed by atoms with Crippen molar-refractivity contribution in [3.05, 3.63) is 64.9 Å². The number of aliphatic imine (C=N–C) groups is 2. The maximum atomic E-state index is 14.4. The lowest BCUT2D eigenvalue weighted by atomic mass is 9.97. The summed E-state index contributed by atoms with van der Waals surface area (Å²) in [5, 5.41) is 0. The van der Waals surface area contributed by atoms with E-state index in [1.807, 2.05) is 24.4 Å². The lowest BCUT2D eigenvalue weighted by Crippen LogP contribution is -2.09. The van der Waals surface area contributed by atoms with Crippen molar-refractivity contribution in [1.29, 1.82) is 0 Å². The van der Waals surface area contributed by atoms with E-state index in [1.54, 1.807) is 6.92 Å². The first kappa shape index (κ1) is 21.9. The molecule has 1 atom stereocenters. The molecule has 0 aliphatic carbocycles. The quantitative estimate of drug-likeness (QED) is 0.510. The topological polar surface area (TPSA) is 50.7 Å². The molecule has 0 radical (unpaired) electrons. The molecule has 0 fully saturated rings. The molecule has 1 aliphatic rings. The van der Waals surface area contributed by atoms with Crippen molar-refractivity contribution in [1.82, 2.24) is 0 Å². The van der Waals surface area contributed by atoms with Crippen molar-refractivity contribution in [3.63, 3.8) is 0 Å². The highest BCUT2D eigenvalue weighted by Gasteiger charge is 2.21. The summed E-state index contributed by atoms with van der Waals surface area (Å²) in [5.41, 5.74) is 10.5. The van der Waals surface area contributed by atoms with Crippen LogP contribution in [0.4, 0.5) is 14.5 Å². The maximum Gasteiger partial charge on any atom is 0.129 e. The summed E-state index contributed by atoms with van der Waals surface area (Å²) in [4.78, 5) is 9.46. The molecule has 1 aliphatic heterocycles. The SMILES string of the molecule is CCCC(CC)N=CC(=CN)C1=Nc2c(cccc2-c2cc(F)c(CC)c(F)c2)C1. The van der Waals surface area contributed by atoms with Gasteiger partial charge in [-0.25, -0.2) is 8.78 Å². The van der Waals surface area contributed by atoms with Crippen LogP contribution in [0, 0.1) is 11.6 Å². The zero-order valence-electron chi connectivity index (χ0n) is 17.9. The van der Waals surface area contributed by atoms with Crippen molar-refractivity contribution in [2.75, 3.05) is 0 Å². The van der Waals surface area contributed by atoms with Crippen LogP contribution in [0.5, 0.6) is 0 Å². The summed E-state index contributed by atoms with van der Waals surface area (Å²) < 4.78 is 28.7. The molecule has 3 nitrogen and oxygen atoms in total. The van der Waals surface area contributed by atoms with Gasteiger partial charge in [-0.15, -0.1) is 0 Å². The van der Waals surface area contributed by atoms with Gasteiger partial charge in [0.15, 0.2) is 0 Å². The summed E-state index contributed by atoms with van der Waals surface area (Å²) in [7, 11) is 0. The van der Waals surface area contributed by atoms with Gasteiger partial charge in [-0.2, -0.15) is 0 Å². The van der Waals surface area contributed by atoms with E-state index in [4.69, 9.17) is 10.7 Å². The molecule has 3 rings (SSSR count). The summed E-state index contributed by atoms with van der Waals surface area (Å²) in [5.74, 6) is -1.05. The van der Waals surface area contributed by atoms with E-state index in [0.717, 1.165) is 41.8 Å².